The number of aliphatic carboxylic acids is 1. The van der Waals surface area contributed by atoms with Crippen LogP contribution >= 0.6 is 11.8 Å². The molecule has 1 unspecified atom stereocenters. The third-order valence-corrected chi connectivity index (χ3v) is 8.40. The number of aliphatic hydroxyl groups is 1. The van der Waals surface area contributed by atoms with E-state index in [1.54, 1.807) is 11.8 Å². The van der Waals surface area contributed by atoms with Crippen molar-refractivity contribution in [2.75, 3.05) is 19.6 Å². The highest BCUT2D eigenvalue weighted by Crippen LogP contribution is 2.51. The number of carbonyl (C=O) groups excluding carboxylic acids is 2. The SMILES string of the molecule is CC(O)[C@H]1C(=O)N2C(C(=O)O)=C(S[C@@H]3CN[C@H](C(=O)N[C@H]4CCN(C(=N)N)C4)C3)[C@H](C)[C@H]12. The van der Waals surface area contributed by atoms with Gasteiger partial charge in [0.2, 0.25) is 11.8 Å². The van der Waals surface area contributed by atoms with Crippen molar-refractivity contribution < 1.29 is 24.6 Å². The Balaban J connectivity index is 1.38. The minimum atomic E-state index is -1.14. The van der Waals surface area contributed by atoms with Crippen molar-refractivity contribution in [3.8, 4) is 0 Å². The van der Waals surface area contributed by atoms with Gasteiger partial charge in [0.25, 0.3) is 0 Å². The topological polar surface area (TPSA) is 172 Å². The number of nitrogens with zero attached hydrogens (tertiary/aromatic N) is 2. The summed E-state index contributed by atoms with van der Waals surface area (Å²) in [5.41, 5.74) is 5.52. The predicted octanol–water partition coefficient (Wildman–Crippen LogP) is -1.31. The fourth-order valence-electron chi connectivity index (χ4n) is 5.25. The third kappa shape index (κ3) is 3.84. The first-order chi connectivity index (χ1) is 15.1. The molecule has 0 aromatic heterocycles. The van der Waals surface area contributed by atoms with Crippen molar-refractivity contribution in [3.05, 3.63) is 10.6 Å². The van der Waals surface area contributed by atoms with E-state index < -0.39 is 18.0 Å². The number of rotatable bonds is 6. The zero-order valence-electron chi connectivity index (χ0n) is 18.1. The van der Waals surface area contributed by atoms with E-state index in [2.05, 4.69) is 10.6 Å². The maximum Gasteiger partial charge on any atom is 0.353 e. The number of hydrogen-bond donors (Lipinski definition) is 6. The average Bonchev–Trinajstić information content (AvgIpc) is 3.41. The minimum Gasteiger partial charge on any atom is -0.477 e. The number of nitrogens with two attached hydrogens (primary N) is 1. The average molecular weight is 467 g/mol. The number of likely N-dealkylation sites (tertiary alicyclic amines) is 1. The van der Waals surface area contributed by atoms with Crippen molar-refractivity contribution in [3.63, 3.8) is 0 Å². The number of hydrogen-bond acceptors (Lipinski definition) is 7. The van der Waals surface area contributed by atoms with E-state index in [9.17, 15) is 24.6 Å². The summed E-state index contributed by atoms with van der Waals surface area (Å²) >= 11 is 1.42. The first kappa shape index (κ1) is 22.9. The summed E-state index contributed by atoms with van der Waals surface area (Å²) in [6.45, 7) is 5.17. The van der Waals surface area contributed by atoms with Crippen LogP contribution in [0, 0.1) is 17.2 Å². The van der Waals surface area contributed by atoms with E-state index in [-0.39, 0.29) is 52.8 Å². The first-order valence-corrected chi connectivity index (χ1v) is 11.8. The highest BCUT2D eigenvalue weighted by atomic mass is 32.2. The lowest BCUT2D eigenvalue weighted by atomic mass is 9.79. The molecule has 0 saturated carbocycles. The zero-order chi connectivity index (χ0) is 23.3. The molecule has 0 aromatic rings. The van der Waals surface area contributed by atoms with E-state index in [0.717, 1.165) is 6.42 Å². The second-order valence-electron chi connectivity index (χ2n) is 9.03. The molecule has 0 spiro atoms. The van der Waals surface area contributed by atoms with Gasteiger partial charge in [-0.1, -0.05) is 6.92 Å². The highest BCUT2D eigenvalue weighted by Gasteiger charge is 2.60. The van der Waals surface area contributed by atoms with Gasteiger partial charge in [0.05, 0.1) is 24.1 Å². The monoisotopic (exact) mass is 466 g/mol. The van der Waals surface area contributed by atoms with Gasteiger partial charge in [0.1, 0.15) is 5.70 Å². The molecule has 3 fully saturated rings. The summed E-state index contributed by atoms with van der Waals surface area (Å²) in [6.07, 6.45) is 0.445. The van der Waals surface area contributed by atoms with Gasteiger partial charge in [-0.15, -0.1) is 11.8 Å². The van der Waals surface area contributed by atoms with Crippen molar-refractivity contribution in [1.82, 2.24) is 20.4 Å². The maximum atomic E-state index is 12.7. The molecular formula is C20H30N6O5S. The van der Waals surface area contributed by atoms with Gasteiger partial charge in [0.15, 0.2) is 5.96 Å². The largest absolute Gasteiger partial charge is 0.477 e. The molecule has 12 heteroatoms. The normalized spacial score (nSPS) is 35.0. The molecule has 32 heavy (non-hydrogen) atoms. The van der Waals surface area contributed by atoms with Crippen LogP contribution < -0.4 is 16.4 Å². The van der Waals surface area contributed by atoms with Gasteiger partial charge in [-0.05, 0) is 19.8 Å². The molecule has 7 atom stereocenters. The standard InChI is InChI=1S/C20H30N6O5S/c1-8-14-13(9(2)27)18(29)26(14)15(19(30)31)16(8)32-11-5-12(23-6-11)17(28)24-10-3-4-25(7-10)20(21)22/h8-14,23,27H,3-7H2,1-2H3,(H3,21,22)(H,24,28)(H,30,31)/t8-,9?,10+,11+,12+,13-,14-/m1/s1. The Morgan fingerprint density at radius 1 is 1.41 bits per heavy atom. The Hall–Kier alpha value is -2.31. The molecule has 4 rings (SSSR count). The Kier molecular flexibility index (Phi) is 6.12. The van der Waals surface area contributed by atoms with Crippen LogP contribution in [-0.2, 0) is 14.4 Å². The van der Waals surface area contributed by atoms with Crippen LogP contribution in [0.2, 0.25) is 0 Å². The number of carbonyl (C=O) groups is 3. The second kappa shape index (κ2) is 8.56. The molecule has 0 aliphatic carbocycles. The molecule has 4 aliphatic rings. The Morgan fingerprint density at radius 2 is 2.12 bits per heavy atom. The fourth-order valence-corrected chi connectivity index (χ4v) is 6.73. The molecule has 0 radical (unpaired) electrons. The quantitative estimate of drug-likeness (QED) is 0.158. The van der Waals surface area contributed by atoms with Crippen LogP contribution in [0.5, 0.6) is 0 Å². The Morgan fingerprint density at radius 3 is 2.72 bits per heavy atom. The fraction of sp³-hybridized carbons (Fsp3) is 0.700. The molecule has 4 heterocycles. The van der Waals surface area contributed by atoms with E-state index in [4.69, 9.17) is 11.1 Å². The third-order valence-electron chi connectivity index (χ3n) is 6.89. The lowest BCUT2D eigenvalue weighted by Crippen LogP contribution is -2.63. The van der Waals surface area contributed by atoms with Crippen LogP contribution in [0.1, 0.15) is 26.7 Å². The molecule has 0 bridgehead atoms. The maximum absolute atomic E-state index is 12.7. The van der Waals surface area contributed by atoms with Crippen molar-refractivity contribution in [2.24, 2.45) is 17.6 Å². The van der Waals surface area contributed by atoms with E-state index in [1.165, 1.54) is 16.7 Å². The zero-order valence-corrected chi connectivity index (χ0v) is 18.9. The van der Waals surface area contributed by atoms with E-state index >= 15 is 0 Å². The Labute approximate surface area is 190 Å². The lowest BCUT2D eigenvalue weighted by Gasteiger charge is -2.46. The summed E-state index contributed by atoms with van der Waals surface area (Å²) in [7, 11) is 0. The van der Waals surface area contributed by atoms with Crippen molar-refractivity contribution in [1.29, 1.82) is 5.41 Å². The first-order valence-electron chi connectivity index (χ1n) is 10.9. The number of aliphatic hydroxyl groups excluding tert-OH is 1. The van der Waals surface area contributed by atoms with Crippen LogP contribution in [0.15, 0.2) is 10.6 Å². The summed E-state index contributed by atoms with van der Waals surface area (Å²) < 4.78 is 0. The highest BCUT2D eigenvalue weighted by molar-refractivity contribution is 8.03. The molecule has 0 aromatic carbocycles. The molecule has 3 saturated heterocycles. The summed E-state index contributed by atoms with van der Waals surface area (Å²) in [4.78, 5) is 40.8. The van der Waals surface area contributed by atoms with Gasteiger partial charge in [-0.25, -0.2) is 4.79 Å². The number of nitrogens with one attached hydrogen (secondary N) is 3. The van der Waals surface area contributed by atoms with Crippen molar-refractivity contribution >= 4 is 35.5 Å². The lowest BCUT2D eigenvalue weighted by molar-refractivity contribution is -0.163. The van der Waals surface area contributed by atoms with Crippen molar-refractivity contribution in [2.45, 2.75) is 56.2 Å². The van der Waals surface area contributed by atoms with Gasteiger partial charge in [0, 0.05) is 41.7 Å². The van der Waals surface area contributed by atoms with Crippen LogP contribution in [0.4, 0.5) is 0 Å². The molecular weight excluding hydrogens is 436 g/mol. The van der Waals surface area contributed by atoms with E-state index in [0.29, 0.717) is 31.0 Å². The predicted molar refractivity (Wildman–Crippen MR) is 117 cm³/mol. The second-order valence-corrected chi connectivity index (χ2v) is 10.4. The van der Waals surface area contributed by atoms with E-state index in [1.807, 2.05) is 6.92 Å². The number of carboxylic acids is 1. The van der Waals surface area contributed by atoms with Gasteiger partial charge in [-0.3, -0.25) is 15.0 Å². The number of fused-ring (bicyclic) bond motifs is 1. The number of thioether (sulfide) groups is 1. The summed E-state index contributed by atoms with van der Waals surface area (Å²) in [6, 6.07) is -0.771. The number of guanidine groups is 1. The molecule has 7 N–H and O–H groups in total. The minimum absolute atomic E-state index is 0.00588. The van der Waals surface area contributed by atoms with Gasteiger partial charge >= 0.3 is 5.97 Å². The van der Waals surface area contributed by atoms with Gasteiger partial charge < -0.3 is 36.4 Å². The summed E-state index contributed by atoms with van der Waals surface area (Å²) in [5, 5.41) is 33.5. The van der Waals surface area contributed by atoms with Crippen LogP contribution in [0.25, 0.3) is 0 Å². The molecule has 4 aliphatic heterocycles. The Bertz CT molecular complexity index is 879. The van der Waals surface area contributed by atoms with Crippen LogP contribution in [0.3, 0.4) is 0 Å². The number of carboxylic acid groups (broad SMARTS) is 1. The number of amides is 2. The summed E-state index contributed by atoms with van der Waals surface area (Å²) in [5.74, 6) is -2.36. The molecule has 11 nitrogen and oxygen atoms in total. The number of β-lactam (4-membered cyclic amide) rings is 1. The molecule has 2 amide bonds. The smallest absolute Gasteiger partial charge is 0.353 e. The molecule has 176 valence electrons. The van der Waals surface area contributed by atoms with Gasteiger partial charge in [-0.2, -0.15) is 0 Å². The van der Waals surface area contributed by atoms with Crippen LogP contribution in [-0.4, -0.2) is 92.9 Å².